The summed E-state index contributed by atoms with van der Waals surface area (Å²) in [5, 5.41) is 0.849. The number of rotatable bonds is 5. The molecule has 3 N–H and O–H groups in total. The number of hydrazine groups is 1. The number of nitrogens with one attached hydrogen (secondary N) is 1. The molecule has 2 rings (SSSR count). The van der Waals surface area contributed by atoms with Crippen LogP contribution in [0.3, 0.4) is 0 Å². The molecule has 1 aromatic carbocycles. The number of hydrogen-bond acceptors (Lipinski definition) is 2. The van der Waals surface area contributed by atoms with Gasteiger partial charge in [0.1, 0.15) is 0 Å². The first-order valence-electron chi connectivity index (χ1n) is 6.91. The monoisotopic (exact) mass is 266 g/mol. The lowest BCUT2D eigenvalue weighted by molar-refractivity contribution is 0.185. The third-order valence-corrected chi connectivity index (χ3v) is 4.99. The number of benzene rings is 1. The lowest BCUT2D eigenvalue weighted by Gasteiger charge is -2.36. The third kappa shape index (κ3) is 2.71. The summed E-state index contributed by atoms with van der Waals surface area (Å²) >= 11 is 6.25. The highest BCUT2D eigenvalue weighted by atomic mass is 35.5. The number of hydrogen-bond donors (Lipinski definition) is 2. The smallest absolute Gasteiger partial charge is 0.0438 e. The Morgan fingerprint density at radius 3 is 2.56 bits per heavy atom. The molecule has 0 aliphatic heterocycles. The van der Waals surface area contributed by atoms with E-state index in [0.29, 0.717) is 11.5 Å². The van der Waals surface area contributed by atoms with Crippen molar-refractivity contribution in [3.63, 3.8) is 0 Å². The minimum absolute atomic E-state index is 0.324. The van der Waals surface area contributed by atoms with Gasteiger partial charge >= 0.3 is 0 Å². The first-order chi connectivity index (χ1) is 8.72. The van der Waals surface area contributed by atoms with E-state index in [9.17, 15) is 0 Å². The van der Waals surface area contributed by atoms with E-state index in [4.69, 9.17) is 17.4 Å². The Hall–Kier alpha value is -0.570. The van der Waals surface area contributed by atoms with E-state index in [-0.39, 0.29) is 0 Å². The van der Waals surface area contributed by atoms with Crippen LogP contribution in [0.5, 0.6) is 0 Å². The summed E-state index contributed by atoms with van der Waals surface area (Å²) in [5.74, 6) is 5.82. The molecular weight excluding hydrogens is 244 g/mol. The number of nitrogens with two attached hydrogens (primary N) is 1. The van der Waals surface area contributed by atoms with Gasteiger partial charge in [-0.25, -0.2) is 0 Å². The van der Waals surface area contributed by atoms with Gasteiger partial charge in [0.05, 0.1) is 0 Å². The second-order valence-corrected chi connectivity index (χ2v) is 5.85. The Kier molecular flexibility index (Phi) is 4.66. The molecule has 2 nitrogen and oxygen atoms in total. The van der Waals surface area contributed by atoms with Gasteiger partial charge in [0.15, 0.2) is 0 Å². The average molecular weight is 267 g/mol. The highest BCUT2D eigenvalue weighted by Gasteiger charge is 2.39. The minimum Gasteiger partial charge on any atom is -0.271 e. The molecule has 1 unspecified atom stereocenters. The molecule has 100 valence electrons. The van der Waals surface area contributed by atoms with E-state index in [1.165, 1.54) is 37.7 Å². The predicted octanol–water partition coefficient (Wildman–Crippen LogP) is 3.68. The SMILES string of the molecule is CCC1(C(Cc2ccccc2Cl)NN)CCCC1. The number of halogens is 1. The zero-order chi connectivity index (χ0) is 13.0. The normalized spacial score (nSPS) is 19.9. The molecule has 3 heteroatoms. The van der Waals surface area contributed by atoms with Crippen LogP contribution in [-0.2, 0) is 6.42 Å². The van der Waals surface area contributed by atoms with E-state index in [1.54, 1.807) is 0 Å². The molecule has 1 aliphatic rings. The molecule has 0 amide bonds. The van der Waals surface area contributed by atoms with Crippen molar-refractivity contribution < 1.29 is 0 Å². The van der Waals surface area contributed by atoms with Gasteiger partial charge in [0.2, 0.25) is 0 Å². The minimum atomic E-state index is 0.324. The maximum absolute atomic E-state index is 6.25. The van der Waals surface area contributed by atoms with Crippen LogP contribution in [-0.4, -0.2) is 6.04 Å². The van der Waals surface area contributed by atoms with Crippen LogP contribution in [0.2, 0.25) is 5.02 Å². The van der Waals surface area contributed by atoms with Crippen molar-refractivity contribution in [1.82, 2.24) is 5.43 Å². The fourth-order valence-electron chi connectivity index (χ4n) is 3.36. The first-order valence-corrected chi connectivity index (χ1v) is 7.29. The Bertz CT molecular complexity index is 386. The summed E-state index contributed by atoms with van der Waals surface area (Å²) in [6, 6.07) is 8.40. The van der Waals surface area contributed by atoms with Crippen LogP contribution in [0.15, 0.2) is 24.3 Å². The molecule has 1 aromatic rings. The van der Waals surface area contributed by atoms with Crippen molar-refractivity contribution >= 4 is 11.6 Å². The average Bonchev–Trinajstić information content (AvgIpc) is 2.88. The molecule has 0 radical (unpaired) electrons. The van der Waals surface area contributed by atoms with Gasteiger partial charge < -0.3 is 0 Å². The van der Waals surface area contributed by atoms with E-state index in [2.05, 4.69) is 18.4 Å². The summed E-state index contributed by atoms with van der Waals surface area (Å²) in [5.41, 5.74) is 4.60. The van der Waals surface area contributed by atoms with Crippen LogP contribution in [0.25, 0.3) is 0 Å². The zero-order valence-corrected chi connectivity index (χ0v) is 11.8. The first kappa shape index (κ1) is 13.9. The van der Waals surface area contributed by atoms with Crippen molar-refractivity contribution in [3.05, 3.63) is 34.9 Å². The topological polar surface area (TPSA) is 38.0 Å². The molecule has 0 aromatic heterocycles. The van der Waals surface area contributed by atoms with Crippen LogP contribution < -0.4 is 11.3 Å². The van der Waals surface area contributed by atoms with Crippen molar-refractivity contribution in [2.24, 2.45) is 11.3 Å². The van der Waals surface area contributed by atoms with Crippen LogP contribution in [0, 0.1) is 5.41 Å². The second-order valence-electron chi connectivity index (χ2n) is 5.44. The van der Waals surface area contributed by atoms with Gasteiger partial charge in [-0.1, -0.05) is 49.6 Å². The Balaban J connectivity index is 2.16. The largest absolute Gasteiger partial charge is 0.271 e. The molecule has 18 heavy (non-hydrogen) atoms. The molecule has 1 saturated carbocycles. The van der Waals surface area contributed by atoms with E-state index >= 15 is 0 Å². The van der Waals surface area contributed by atoms with Gasteiger partial charge in [-0.05, 0) is 42.7 Å². The maximum atomic E-state index is 6.25. The van der Waals surface area contributed by atoms with E-state index < -0.39 is 0 Å². The van der Waals surface area contributed by atoms with Gasteiger partial charge in [0.25, 0.3) is 0 Å². The summed E-state index contributed by atoms with van der Waals surface area (Å²) in [6.07, 6.45) is 7.32. The highest BCUT2D eigenvalue weighted by Crippen LogP contribution is 2.44. The van der Waals surface area contributed by atoms with Gasteiger partial charge in [-0.15, -0.1) is 0 Å². The van der Waals surface area contributed by atoms with Crippen molar-refractivity contribution in [3.8, 4) is 0 Å². The van der Waals surface area contributed by atoms with Crippen LogP contribution in [0.1, 0.15) is 44.6 Å². The molecule has 0 heterocycles. The standard InChI is InChI=1S/C15H23ClN2/c1-2-15(9-5-6-10-15)14(18-17)11-12-7-3-4-8-13(12)16/h3-4,7-8,14,18H,2,5-6,9-11,17H2,1H3. The van der Waals surface area contributed by atoms with Crippen molar-refractivity contribution in [2.75, 3.05) is 0 Å². The summed E-state index contributed by atoms with van der Waals surface area (Å²) < 4.78 is 0. The van der Waals surface area contributed by atoms with Gasteiger partial charge in [0, 0.05) is 11.1 Å². The highest BCUT2D eigenvalue weighted by molar-refractivity contribution is 6.31. The van der Waals surface area contributed by atoms with Crippen LogP contribution in [0.4, 0.5) is 0 Å². The van der Waals surface area contributed by atoms with Crippen molar-refractivity contribution in [2.45, 2.75) is 51.5 Å². The summed E-state index contributed by atoms with van der Waals surface area (Å²) in [6.45, 7) is 2.28. The molecule has 0 spiro atoms. The van der Waals surface area contributed by atoms with E-state index in [0.717, 1.165) is 11.4 Å². The Labute approximate surface area is 115 Å². The summed E-state index contributed by atoms with van der Waals surface area (Å²) in [7, 11) is 0. The third-order valence-electron chi connectivity index (χ3n) is 4.63. The van der Waals surface area contributed by atoms with Crippen LogP contribution >= 0.6 is 11.6 Å². The molecule has 0 saturated heterocycles. The summed E-state index contributed by atoms with van der Waals surface area (Å²) in [4.78, 5) is 0. The van der Waals surface area contributed by atoms with E-state index in [1.807, 2.05) is 18.2 Å². The predicted molar refractivity (Wildman–Crippen MR) is 77.5 cm³/mol. The van der Waals surface area contributed by atoms with Gasteiger partial charge in [-0.3, -0.25) is 11.3 Å². The molecule has 1 atom stereocenters. The lowest BCUT2D eigenvalue weighted by Crippen LogP contribution is -2.48. The quantitative estimate of drug-likeness (QED) is 0.630. The zero-order valence-electron chi connectivity index (χ0n) is 11.1. The molecule has 1 fully saturated rings. The maximum Gasteiger partial charge on any atom is 0.0438 e. The molecular formula is C15H23ClN2. The fourth-order valence-corrected chi connectivity index (χ4v) is 3.58. The molecule has 1 aliphatic carbocycles. The Morgan fingerprint density at radius 1 is 1.33 bits per heavy atom. The van der Waals surface area contributed by atoms with Crippen molar-refractivity contribution in [1.29, 1.82) is 0 Å². The second kappa shape index (κ2) is 6.05. The fraction of sp³-hybridized carbons (Fsp3) is 0.600. The van der Waals surface area contributed by atoms with Gasteiger partial charge in [-0.2, -0.15) is 0 Å². The molecule has 0 bridgehead atoms. The lowest BCUT2D eigenvalue weighted by atomic mass is 9.74. The Morgan fingerprint density at radius 2 is 2.00 bits per heavy atom.